The van der Waals surface area contributed by atoms with Crippen molar-refractivity contribution in [1.82, 2.24) is 25.5 Å². The number of benzene rings is 1. The van der Waals surface area contributed by atoms with Crippen molar-refractivity contribution < 1.29 is 4.74 Å². The SMILES string of the molecule is COc1cccc(Cl)c1Cn1nnnc1CNC(C)C. The first-order valence-corrected chi connectivity index (χ1v) is 6.79. The smallest absolute Gasteiger partial charge is 0.165 e. The van der Waals surface area contributed by atoms with E-state index < -0.39 is 0 Å². The summed E-state index contributed by atoms with van der Waals surface area (Å²) >= 11 is 6.23. The van der Waals surface area contributed by atoms with Crippen LogP contribution in [0.15, 0.2) is 18.2 Å². The molecule has 0 amide bonds. The second-order valence-corrected chi connectivity index (χ2v) is 5.12. The largest absolute Gasteiger partial charge is 0.496 e. The Morgan fingerprint density at radius 3 is 2.90 bits per heavy atom. The lowest BCUT2D eigenvalue weighted by molar-refractivity contribution is 0.406. The highest BCUT2D eigenvalue weighted by atomic mass is 35.5. The van der Waals surface area contributed by atoms with Crippen molar-refractivity contribution in [3.63, 3.8) is 0 Å². The van der Waals surface area contributed by atoms with Crippen LogP contribution in [0.5, 0.6) is 5.75 Å². The molecule has 0 saturated heterocycles. The van der Waals surface area contributed by atoms with Gasteiger partial charge in [-0.25, -0.2) is 4.68 Å². The van der Waals surface area contributed by atoms with Gasteiger partial charge in [0.05, 0.1) is 20.2 Å². The highest BCUT2D eigenvalue weighted by Gasteiger charge is 2.12. The van der Waals surface area contributed by atoms with Crippen LogP contribution in [0.4, 0.5) is 0 Å². The minimum atomic E-state index is 0.370. The summed E-state index contributed by atoms with van der Waals surface area (Å²) in [5, 5.41) is 15.7. The summed E-state index contributed by atoms with van der Waals surface area (Å²) in [5.74, 6) is 1.50. The monoisotopic (exact) mass is 295 g/mol. The van der Waals surface area contributed by atoms with Gasteiger partial charge >= 0.3 is 0 Å². The Bertz CT molecular complexity index is 570. The maximum absolute atomic E-state index is 6.23. The number of halogens is 1. The first kappa shape index (κ1) is 14.7. The number of ether oxygens (including phenoxy) is 1. The van der Waals surface area contributed by atoms with Gasteiger partial charge in [0, 0.05) is 16.6 Å². The second-order valence-electron chi connectivity index (χ2n) is 4.71. The van der Waals surface area contributed by atoms with Crippen LogP contribution in [-0.4, -0.2) is 33.4 Å². The maximum atomic E-state index is 6.23. The number of hydrogen-bond donors (Lipinski definition) is 1. The van der Waals surface area contributed by atoms with Gasteiger partial charge in [0.1, 0.15) is 5.75 Å². The molecule has 2 aromatic rings. The molecule has 1 heterocycles. The van der Waals surface area contributed by atoms with E-state index in [2.05, 4.69) is 34.7 Å². The maximum Gasteiger partial charge on any atom is 0.165 e. The van der Waals surface area contributed by atoms with Crippen LogP contribution in [-0.2, 0) is 13.1 Å². The molecule has 1 aromatic heterocycles. The molecule has 0 unspecified atom stereocenters. The Hall–Kier alpha value is -1.66. The van der Waals surface area contributed by atoms with Crippen molar-refractivity contribution >= 4 is 11.6 Å². The molecule has 0 atom stereocenters. The summed E-state index contributed by atoms with van der Waals surface area (Å²) in [7, 11) is 1.62. The molecule has 0 fully saturated rings. The van der Waals surface area contributed by atoms with E-state index in [0.717, 1.165) is 17.1 Å². The van der Waals surface area contributed by atoms with Gasteiger partial charge < -0.3 is 10.1 Å². The lowest BCUT2D eigenvalue weighted by atomic mass is 10.2. The standard InChI is InChI=1S/C13H18ClN5O/c1-9(2)15-7-13-16-17-18-19(13)8-10-11(14)5-4-6-12(10)20-3/h4-6,9,15H,7-8H2,1-3H3. The molecule has 0 aliphatic heterocycles. The van der Waals surface area contributed by atoms with Crippen LogP contribution in [0, 0.1) is 0 Å². The third kappa shape index (κ3) is 3.46. The minimum absolute atomic E-state index is 0.370. The van der Waals surface area contributed by atoms with Gasteiger partial charge in [0.15, 0.2) is 5.82 Å². The Morgan fingerprint density at radius 1 is 1.40 bits per heavy atom. The number of hydrogen-bond acceptors (Lipinski definition) is 5. The Kier molecular flexibility index (Phi) is 4.92. The summed E-state index contributed by atoms with van der Waals surface area (Å²) in [6.45, 7) is 5.23. The predicted molar refractivity (Wildman–Crippen MR) is 76.9 cm³/mol. The summed E-state index contributed by atoms with van der Waals surface area (Å²) < 4.78 is 7.05. The molecule has 0 radical (unpaired) electrons. The molecule has 1 aromatic carbocycles. The van der Waals surface area contributed by atoms with Gasteiger partial charge in [0.25, 0.3) is 0 Å². The summed E-state index contributed by atoms with van der Waals surface area (Å²) in [6, 6.07) is 5.92. The third-order valence-electron chi connectivity index (χ3n) is 2.88. The molecule has 108 valence electrons. The number of tetrazole rings is 1. The molecular weight excluding hydrogens is 278 g/mol. The molecule has 2 rings (SSSR count). The van der Waals surface area contributed by atoms with Crippen molar-refractivity contribution in [3.8, 4) is 5.75 Å². The lowest BCUT2D eigenvalue weighted by Crippen LogP contribution is -2.24. The normalized spacial score (nSPS) is 11.1. The zero-order valence-corrected chi connectivity index (χ0v) is 12.6. The number of nitrogens with zero attached hydrogens (tertiary/aromatic N) is 4. The first-order chi connectivity index (χ1) is 9.61. The molecule has 0 aliphatic rings. The first-order valence-electron chi connectivity index (χ1n) is 6.41. The van der Waals surface area contributed by atoms with Crippen LogP contribution in [0.25, 0.3) is 0 Å². The van der Waals surface area contributed by atoms with Gasteiger partial charge in [-0.1, -0.05) is 31.5 Å². The van der Waals surface area contributed by atoms with E-state index in [9.17, 15) is 0 Å². The molecule has 6 nitrogen and oxygen atoms in total. The lowest BCUT2D eigenvalue weighted by Gasteiger charge is -2.12. The molecule has 0 bridgehead atoms. The Balaban J connectivity index is 2.20. The van der Waals surface area contributed by atoms with Crippen LogP contribution in [0.2, 0.25) is 5.02 Å². The summed E-state index contributed by atoms with van der Waals surface area (Å²) in [6.07, 6.45) is 0. The van der Waals surface area contributed by atoms with Gasteiger partial charge in [0.2, 0.25) is 0 Å². The highest BCUT2D eigenvalue weighted by Crippen LogP contribution is 2.26. The molecule has 20 heavy (non-hydrogen) atoms. The number of nitrogens with one attached hydrogen (secondary N) is 1. The quantitative estimate of drug-likeness (QED) is 0.881. The fourth-order valence-electron chi connectivity index (χ4n) is 1.80. The van der Waals surface area contributed by atoms with Crippen molar-refractivity contribution in [3.05, 3.63) is 34.6 Å². The topological polar surface area (TPSA) is 64.9 Å². The zero-order chi connectivity index (χ0) is 14.5. The van der Waals surface area contributed by atoms with Crippen LogP contribution in [0.3, 0.4) is 0 Å². The molecule has 0 saturated carbocycles. The average Bonchev–Trinajstić information content (AvgIpc) is 2.86. The number of rotatable bonds is 6. The second kappa shape index (κ2) is 6.67. The van der Waals surface area contributed by atoms with Gasteiger partial charge in [-0.3, -0.25) is 0 Å². The van der Waals surface area contributed by atoms with Crippen molar-refractivity contribution in [1.29, 1.82) is 0 Å². The Morgan fingerprint density at radius 2 is 2.20 bits per heavy atom. The van der Waals surface area contributed by atoms with Gasteiger partial charge in [-0.05, 0) is 22.6 Å². The Labute approximate surface area is 123 Å². The zero-order valence-electron chi connectivity index (χ0n) is 11.8. The average molecular weight is 296 g/mol. The van der Waals surface area contributed by atoms with Crippen LogP contribution >= 0.6 is 11.6 Å². The van der Waals surface area contributed by atoms with Crippen molar-refractivity contribution in [2.24, 2.45) is 0 Å². The molecule has 0 spiro atoms. The number of aromatic nitrogens is 4. The molecule has 7 heteroatoms. The van der Waals surface area contributed by atoms with E-state index in [0.29, 0.717) is 24.2 Å². The van der Waals surface area contributed by atoms with Crippen LogP contribution in [0.1, 0.15) is 25.2 Å². The minimum Gasteiger partial charge on any atom is -0.496 e. The van der Waals surface area contributed by atoms with Crippen LogP contribution < -0.4 is 10.1 Å². The van der Waals surface area contributed by atoms with E-state index >= 15 is 0 Å². The van der Waals surface area contributed by atoms with Gasteiger partial charge in [-0.2, -0.15) is 0 Å². The van der Waals surface area contributed by atoms with Crippen molar-refractivity contribution in [2.75, 3.05) is 7.11 Å². The summed E-state index contributed by atoms with van der Waals surface area (Å²) in [5.41, 5.74) is 0.870. The highest BCUT2D eigenvalue weighted by molar-refractivity contribution is 6.31. The van der Waals surface area contributed by atoms with E-state index in [-0.39, 0.29) is 0 Å². The van der Waals surface area contributed by atoms with Gasteiger partial charge in [-0.15, -0.1) is 5.10 Å². The fourth-order valence-corrected chi connectivity index (χ4v) is 2.03. The van der Waals surface area contributed by atoms with E-state index in [1.54, 1.807) is 11.8 Å². The summed E-state index contributed by atoms with van der Waals surface area (Å²) in [4.78, 5) is 0. The number of methoxy groups -OCH3 is 1. The molecular formula is C13H18ClN5O. The van der Waals surface area contributed by atoms with Crippen molar-refractivity contribution in [2.45, 2.75) is 33.0 Å². The predicted octanol–water partition coefficient (Wildman–Crippen LogP) is 1.88. The van der Waals surface area contributed by atoms with E-state index in [1.165, 1.54) is 0 Å². The van der Waals surface area contributed by atoms with E-state index in [1.807, 2.05) is 18.2 Å². The fraction of sp³-hybridized carbons (Fsp3) is 0.462. The van der Waals surface area contributed by atoms with E-state index in [4.69, 9.17) is 16.3 Å². The molecule has 1 N–H and O–H groups in total. The molecule has 0 aliphatic carbocycles. The third-order valence-corrected chi connectivity index (χ3v) is 3.23.